The number of nitrogens with one attached hydrogen (secondary N) is 5. The number of rotatable bonds is 30. The second-order valence-corrected chi connectivity index (χ2v) is 22.8. The van der Waals surface area contributed by atoms with Crippen molar-refractivity contribution in [2.24, 2.45) is 23.0 Å². The van der Waals surface area contributed by atoms with E-state index in [2.05, 4.69) is 26.6 Å². The first-order valence-corrected chi connectivity index (χ1v) is 28.6. The Morgan fingerprint density at radius 2 is 1.47 bits per heavy atom. The van der Waals surface area contributed by atoms with E-state index in [4.69, 9.17) is 20.6 Å². The smallest absolute Gasteiger partial charge is 0.480 e. The highest BCUT2D eigenvalue weighted by Crippen LogP contribution is 2.40. The van der Waals surface area contributed by atoms with Gasteiger partial charge in [-0.1, -0.05) is 77.8 Å². The molecule has 478 valence electrons. The van der Waals surface area contributed by atoms with Crippen molar-refractivity contribution in [1.29, 1.82) is 0 Å². The number of hydrogen-bond acceptors (Lipinski definition) is 13. The van der Waals surface area contributed by atoms with Gasteiger partial charge in [0.05, 0.1) is 23.7 Å². The molecule has 10 N–H and O–H groups in total. The Labute approximate surface area is 500 Å². The first kappa shape index (κ1) is 71.3. The van der Waals surface area contributed by atoms with Gasteiger partial charge in [0.15, 0.2) is 0 Å². The lowest BCUT2D eigenvalue weighted by Crippen LogP contribution is -2.56. The standard InChI is InChI=1S/C57H78F2N10O11.C2HF3O2/c1-34(2)49(66-45(71)21-11-8-14-28-68-46(72)24-25-47(68)73)55(78)62-35(3)52(75)65-43(56(79)80)19-12-13-27-61-53(76)38-18-15-20-42(38)64-54(77)41(60)26-29-69(48(74)33-70)50(57(4,5)6)51-63-44(39-30-37(58)22-23-40(39)59)32-67(51)31-36-16-9-7-10-17-36;3-2(4,5)1(6)7/h7,9-10,16-17,22-25,30,32,34-35,38,41-43,49-50,70H,8,11-15,18-21,26-29,31,33,60H2,1-6H3,(H,61,76)(H,62,78)(H,64,77)(H,65,75)(H,66,71)(H,79,80);(H,6,7)/t35-,38+,41-,42-,43-,49-,50-;/m0./s1. The maximum absolute atomic E-state index is 15.2. The minimum atomic E-state index is -5.08. The van der Waals surface area contributed by atoms with Crippen molar-refractivity contribution in [3.8, 4) is 11.3 Å². The normalized spacial score (nSPS) is 16.6. The molecule has 1 fully saturated rings. The molecule has 0 spiro atoms. The van der Waals surface area contributed by atoms with Crippen LogP contribution in [0.15, 0.2) is 66.9 Å². The Morgan fingerprint density at radius 1 is 0.816 bits per heavy atom. The van der Waals surface area contributed by atoms with E-state index in [0.717, 1.165) is 28.7 Å². The van der Waals surface area contributed by atoms with Crippen LogP contribution in [0.2, 0.25) is 0 Å². The van der Waals surface area contributed by atoms with Crippen LogP contribution >= 0.6 is 0 Å². The molecule has 28 heteroatoms. The van der Waals surface area contributed by atoms with Crippen molar-refractivity contribution in [2.75, 3.05) is 26.2 Å². The van der Waals surface area contributed by atoms with Crippen LogP contribution in [0.4, 0.5) is 22.0 Å². The molecule has 0 saturated heterocycles. The number of imidazole rings is 1. The number of benzene rings is 2. The van der Waals surface area contributed by atoms with Crippen LogP contribution in [-0.2, 0) is 54.5 Å². The molecular formula is C59H79F5N10O13. The second-order valence-electron chi connectivity index (χ2n) is 22.8. The highest BCUT2D eigenvalue weighted by atomic mass is 19.4. The number of unbranched alkanes of at least 4 members (excludes halogenated alkanes) is 3. The molecular weight excluding hydrogens is 1150 g/mol. The summed E-state index contributed by atoms with van der Waals surface area (Å²) in [6.45, 7) is 10.1. The van der Waals surface area contributed by atoms with E-state index in [9.17, 15) is 70.9 Å². The molecule has 0 bridgehead atoms. The number of aliphatic carboxylic acids is 2. The number of imide groups is 1. The lowest BCUT2D eigenvalue weighted by Gasteiger charge is -2.40. The third-order valence-electron chi connectivity index (χ3n) is 14.5. The van der Waals surface area contributed by atoms with Crippen molar-refractivity contribution in [3.63, 3.8) is 0 Å². The number of carboxylic acids is 2. The molecule has 7 atom stereocenters. The van der Waals surface area contributed by atoms with Gasteiger partial charge in [-0.2, -0.15) is 13.2 Å². The second kappa shape index (κ2) is 33.1. The van der Waals surface area contributed by atoms with Crippen LogP contribution in [-0.4, -0.2) is 156 Å². The molecule has 2 aromatic carbocycles. The molecule has 1 aromatic heterocycles. The zero-order valence-corrected chi connectivity index (χ0v) is 49.5. The van der Waals surface area contributed by atoms with E-state index in [1.165, 1.54) is 24.0 Å². The van der Waals surface area contributed by atoms with Gasteiger partial charge in [-0.05, 0) is 93.4 Å². The van der Waals surface area contributed by atoms with Gasteiger partial charge in [-0.3, -0.25) is 43.3 Å². The molecule has 2 aliphatic rings. The van der Waals surface area contributed by atoms with Crippen LogP contribution in [0, 0.1) is 28.9 Å². The molecule has 2 heterocycles. The number of carbonyl (C=O) groups excluding carboxylic acids is 8. The van der Waals surface area contributed by atoms with Crippen molar-refractivity contribution in [1.82, 2.24) is 45.9 Å². The van der Waals surface area contributed by atoms with E-state index in [-0.39, 0.29) is 80.3 Å². The summed E-state index contributed by atoms with van der Waals surface area (Å²) in [4.78, 5) is 132. The number of halogens is 5. The van der Waals surface area contributed by atoms with E-state index >= 15 is 4.39 Å². The summed E-state index contributed by atoms with van der Waals surface area (Å²) in [6.07, 6.45) is 2.75. The number of nitrogens with zero attached hydrogens (tertiary/aromatic N) is 4. The molecule has 87 heavy (non-hydrogen) atoms. The summed E-state index contributed by atoms with van der Waals surface area (Å²) < 4.78 is 63.1. The Balaban J connectivity index is 0.00000217. The molecule has 23 nitrogen and oxygen atoms in total. The maximum Gasteiger partial charge on any atom is 0.490 e. The van der Waals surface area contributed by atoms with Crippen molar-refractivity contribution in [2.45, 2.75) is 161 Å². The fourth-order valence-electron chi connectivity index (χ4n) is 9.91. The van der Waals surface area contributed by atoms with Crippen molar-refractivity contribution in [3.05, 3.63) is 89.9 Å². The highest BCUT2D eigenvalue weighted by Gasteiger charge is 2.41. The fraction of sp³-hybridized carbons (Fsp3) is 0.542. The molecule has 1 aliphatic carbocycles. The third-order valence-corrected chi connectivity index (χ3v) is 14.5. The number of alkyl halides is 3. The van der Waals surface area contributed by atoms with Gasteiger partial charge < -0.3 is 57.1 Å². The van der Waals surface area contributed by atoms with E-state index in [0.29, 0.717) is 57.2 Å². The summed E-state index contributed by atoms with van der Waals surface area (Å²) >= 11 is 0. The minimum Gasteiger partial charge on any atom is -0.480 e. The summed E-state index contributed by atoms with van der Waals surface area (Å²) in [5, 5.41) is 40.8. The number of nitrogens with two attached hydrogens (primary N) is 1. The summed E-state index contributed by atoms with van der Waals surface area (Å²) in [7, 11) is 0. The Morgan fingerprint density at radius 3 is 2.07 bits per heavy atom. The minimum absolute atomic E-state index is 0.00846. The van der Waals surface area contributed by atoms with Crippen LogP contribution in [0.5, 0.6) is 0 Å². The fourth-order valence-corrected chi connectivity index (χ4v) is 9.91. The molecule has 1 saturated carbocycles. The predicted octanol–water partition coefficient (Wildman–Crippen LogP) is 4.41. The maximum atomic E-state index is 15.2. The number of aliphatic hydroxyl groups excluding tert-OH is 1. The number of amides is 8. The van der Waals surface area contributed by atoms with Gasteiger partial charge in [0.2, 0.25) is 35.4 Å². The lowest BCUT2D eigenvalue weighted by molar-refractivity contribution is -0.192. The van der Waals surface area contributed by atoms with Crippen LogP contribution in [0.3, 0.4) is 0 Å². The first-order valence-electron chi connectivity index (χ1n) is 28.6. The number of carbonyl (C=O) groups is 10. The molecule has 5 rings (SSSR count). The van der Waals surface area contributed by atoms with E-state index in [1.807, 2.05) is 51.1 Å². The zero-order chi connectivity index (χ0) is 64.9. The zero-order valence-electron chi connectivity index (χ0n) is 49.5. The van der Waals surface area contributed by atoms with Crippen LogP contribution in [0.25, 0.3) is 11.3 Å². The van der Waals surface area contributed by atoms with Crippen LogP contribution < -0.4 is 32.3 Å². The van der Waals surface area contributed by atoms with Gasteiger partial charge in [-0.25, -0.2) is 23.4 Å². The average molecular weight is 1230 g/mol. The first-order chi connectivity index (χ1) is 40.8. The van der Waals surface area contributed by atoms with E-state index in [1.54, 1.807) is 24.6 Å². The predicted molar refractivity (Wildman–Crippen MR) is 305 cm³/mol. The Hall–Kier alpha value is -8.14. The topological polar surface area (TPSA) is 342 Å². The van der Waals surface area contributed by atoms with Gasteiger partial charge in [0.1, 0.15) is 42.2 Å². The lowest BCUT2D eigenvalue weighted by atomic mass is 9.84. The number of aromatic nitrogens is 2. The molecule has 0 unspecified atom stereocenters. The largest absolute Gasteiger partial charge is 0.490 e. The van der Waals surface area contributed by atoms with Gasteiger partial charge >= 0.3 is 18.1 Å². The number of carboxylic acid groups (broad SMARTS) is 2. The van der Waals surface area contributed by atoms with Crippen molar-refractivity contribution < 1.29 is 85.2 Å². The molecule has 0 radical (unpaired) electrons. The average Bonchev–Trinajstić information content (AvgIpc) is 2.81. The third kappa shape index (κ3) is 22.0. The Bertz CT molecular complexity index is 2920. The SMILES string of the molecule is CC(C)[C@H](NC(=O)CCCCCN1C(=O)C=CC1=O)C(=O)N[C@@H](C)C(=O)N[C@@H](CCCCNC(=O)[C@@H]1CCC[C@@H]1NC(=O)[C@@H](N)CCN(C(=O)CO)[C@@H](c1nc(-c2cc(F)ccc2F)cn1Cc1ccccc1)C(C)(C)C)C(=O)O.O=C(O)C(F)(F)F. The van der Waals surface area contributed by atoms with E-state index < -0.39 is 113 Å². The molecule has 3 aromatic rings. The summed E-state index contributed by atoms with van der Waals surface area (Å²) in [5.74, 6) is -10.1. The van der Waals surface area contributed by atoms with Crippen LogP contribution in [0.1, 0.15) is 130 Å². The van der Waals surface area contributed by atoms with Crippen molar-refractivity contribution >= 4 is 59.2 Å². The van der Waals surface area contributed by atoms with Gasteiger partial charge in [0, 0.05) is 62.6 Å². The molecule has 8 amide bonds. The summed E-state index contributed by atoms with van der Waals surface area (Å²) in [5.41, 5.74) is 6.63. The van der Waals surface area contributed by atoms with Gasteiger partial charge in [-0.15, -0.1) is 0 Å². The monoisotopic (exact) mass is 1230 g/mol. The highest BCUT2D eigenvalue weighted by molar-refractivity contribution is 6.12. The number of aliphatic hydroxyl groups is 1. The quantitative estimate of drug-likeness (QED) is 0.0254. The summed E-state index contributed by atoms with van der Waals surface area (Å²) in [6, 6.07) is 6.39. The molecule has 1 aliphatic heterocycles. The van der Waals surface area contributed by atoms with Gasteiger partial charge in [0.25, 0.3) is 11.8 Å². The number of hydrogen-bond donors (Lipinski definition) is 9. The Kier molecular flexibility index (Phi) is 27.2.